The lowest BCUT2D eigenvalue weighted by Gasteiger charge is -2.20. The SMILES string of the molecule is CC1(c2ccccc2)N=C(c2ccccc2)SC1=S. The summed E-state index contributed by atoms with van der Waals surface area (Å²) in [5.41, 5.74) is 1.89. The molecule has 3 heteroatoms. The van der Waals surface area contributed by atoms with Gasteiger partial charge in [-0.25, -0.2) is 0 Å². The molecule has 1 unspecified atom stereocenters. The number of nitrogens with zero attached hydrogens (tertiary/aromatic N) is 1. The van der Waals surface area contributed by atoms with E-state index in [-0.39, 0.29) is 0 Å². The van der Waals surface area contributed by atoms with E-state index in [1.165, 1.54) is 0 Å². The van der Waals surface area contributed by atoms with Crippen LogP contribution >= 0.6 is 24.0 Å². The average Bonchev–Trinajstić information content (AvgIpc) is 2.78. The molecule has 0 aliphatic carbocycles. The summed E-state index contributed by atoms with van der Waals surface area (Å²) in [6, 6.07) is 20.5. The third-order valence-corrected chi connectivity index (χ3v) is 5.02. The molecule has 1 atom stereocenters. The second-order valence-corrected chi connectivity index (χ2v) is 6.28. The maximum Gasteiger partial charge on any atom is 0.125 e. The van der Waals surface area contributed by atoms with Crippen molar-refractivity contribution in [1.29, 1.82) is 0 Å². The van der Waals surface area contributed by atoms with Crippen LogP contribution in [-0.2, 0) is 5.54 Å². The van der Waals surface area contributed by atoms with Gasteiger partial charge in [0.25, 0.3) is 0 Å². The smallest absolute Gasteiger partial charge is 0.125 e. The van der Waals surface area contributed by atoms with Gasteiger partial charge in [0.05, 0.1) is 4.20 Å². The maximum absolute atomic E-state index is 5.56. The van der Waals surface area contributed by atoms with Crippen molar-refractivity contribution in [2.75, 3.05) is 0 Å². The standard InChI is InChI=1S/C16H13NS2/c1-16(13-10-6-3-7-11-13)15(18)19-14(17-16)12-8-4-2-5-9-12/h2-11H,1H3. The van der Waals surface area contributed by atoms with Crippen LogP contribution in [0.3, 0.4) is 0 Å². The van der Waals surface area contributed by atoms with Crippen molar-refractivity contribution in [3.63, 3.8) is 0 Å². The second kappa shape index (κ2) is 4.91. The second-order valence-electron chi connectivity index (χ2n) is 4.61. The predicted molar refractivity (Wildman–Crippen MR) is 87.0 cm³/mol. The molecular weight excluding hydrogens is 270 g/mol. The Morgan fingerprint density at radius 1 is 0.947 bits per heavy atom. The van der Waals surface area contributed by atoms with Crippen LogP contribution in [0.2, 0.25) is 0 Å². The van der Waals surface area contributed by atoms with Gasteiger partial charge >= 0.3 is 0 Å². The van der Waals surface area contributed by atoms with Gasteiger partial charge < -0.3 is 0 Å². The van der Waals surface area contributed by atoms with Crippen LogP contribution in [0, 0.1) is 0 Å². The quantitative estimate of drug-likeness (QED) is 0.756. The van der Waals surface area contributed by atoms with E-state index in [9.17, 15) is 0 Å². The first-order valence-electron chi connectivity index (χ1n) is 6.13. The monoisotopic (exact) mass is 283 g/mol. The topological polar surface area (TPSA) is 12.4 Å². The summed E-state index contributed by atoms with van der Waals surface area (Å²) in [6.07, 6.45) is 0. The number of hydrogen-bond donors (Lipinski definition) is 0. The number of rotatable bonds is 2. The van der Waals surface area contributed by atoms with Gasteiger partial charge in [-0.1, -0.05) is 84.6 Å². The molecule has 1 aliphatic rings. The molecule has 1 nitrogen and oxygen atoms in total. The van der Waals surface area contributed by atoms with Crippen molar-refractivity contribution in [2.24, 2.45) is 4.99 Å². The zero-order chi connectivity index (χ0) is 13.3. The summed E-state index contributed by atoms with van der Waals surface area (Å²) < 4.78 is 0.914. The summed E-state index contributed by atoms with van der Waals surface area (Å²) in [7, 11) is 0. The number of hydrogen-bond acceptors (Lipinski definition) is 3. The fourth-order valence-electron chi connectivity index (χ4n) is 2.11. The molecule has 1 aliphatic heterocycles. The number of aliphatic imine (C=N–C) groups is 1. The third kappa shape index (κ3) is 2.24. The zero-order valence-electron chi connectivity index (χ0n) is 10.5. The van der Waals surface area contributed by atoms with Crippen LogP contribution in [0.5, 0.6) is 0 Å². The van der Waals surface area contributed by atoms with Gasteiger partial charge in [-0.3, -0.25) is 4.99 Å². The normalized spacial score (nSPS) is 22.4. The Labute approximate surface area is 122 Å². The van der Waals surface area contributed by atoms with Crippen molar-refractivity contribution in [2.45, 2.75) is 12.5 Å². The predicted octanol–water partition coefficient (Wildman–Crippen LogP) is 4.42. The summed E-state index contributed by atoms with van der Waals surface area (Å²) in [5.74, 6) is 0. The van der Waals surface area contributed by atoms with E-state index >= 15 is 0 Å². The lowest BCUT2D eigenvalue weighted by atomic mass is 9.95. The first-order chi connectivity index (χ1) is 9.20. The molecule has 0 aromatic heterocycles. The van der Waals surface area contributed by atoms with Crippen molar-refractivity contribution in [1.82, 2.24) is 0 Å². The Morgan fingerprint density at radius 2 is 1.53 bits per heavy atom. The van der Waals surface area contributed by atoms with Gasteiger partial charge in [-0.15, -0.1) is 0 Å². The lowest BCUT2D eigenvalue weighted by molar-refractivity contribution is 0.706. The fraction of sp³-hybridized carbons (Fsp3) is 0.125. The van der Waals surface area contributed by atoms with Crippen molar-refractivity contribution in [3.8, 4) is 0 Å². The molecule has 0 fully saturated rings. The highest BCUT2D eigenvalue weighted by atomic mass is 32.2. The van der Waals surface area contributed by atoms with Gasteiger partial charge in [-0.2, -0.15) is 0 Å². The number of thiocarbonyl (C=S) groups is 1. The van der Waals surface area contributed by atoms with Gasteiger partial charge in [-0.05, 0) is 12.5 Å². The summed E-state index contributed by atoms with van der Waals surface area (Å²) in [6.45, 7) is 2.09. The minimum Gasteiger partial charge on any atom is -0.260 e. The maximum atomic E-state index is 5.56. The highest BCUT2D eigenvalue weighted by molar-refractivity contribution is 8.34. The average molecular weight is 283 g/mol. The molecule has 0 N–H and O–H groups in total. The van der Waals surface area contributed by atoms with Crippen LogP contribution in [-0.4, -0.2) is 9.24 Å². The molecule has 3 rings (SSSR count). The van der Waals surface area contributed by atoms with Crippen LogP contribution in [0.4, 0.5) is 0 Å². The summed E-state index contributed by atoms with van der Waals surface area (Å²) in [5, 5.41) is 1.01. The number of thioether (sulfide) groups is 1. The highest BCUT2D eigenvalue weighted by Crippen LogP contribution is 2.40. The molecule has 0 saturated heterocycles. The summed E-state index contributed by atoms with van der Waals surface area (Å²) >= 11 is 7.16. The molecule has 0 amide bonds. The molecule has 0 spiro atoms. The van der Waals surface area contributed by atoms with Gasteiger partial charge in [0.1, 0.15) is 10.6 Å². The van der Waals surface area contributed by atoms with Gasteiger partial charge in [0.15, 0.2) is 0 Å². The molecule has 94 valence electrons. The van der Waals surface area contributed by atoms with Crippen LogP contribution in [0.15, 0.2) is 65.7 Å². The minimum atomic E-state index is -0.396. The van der Waals surface area contributed by atoms with E-state index in [4.69, 9.17) is 17.2 Å². The molecule has 19 heavy (non-hydrogen) atoms. The highest BCUT2D eigenvalue weighted by Gasteiger charge is 2.38. The number of benzene rings is 2. The molecule has 0 bridgehead atoms. The Bertz CT molecular complexity index is 634. The van der Waals surface area contributed by atoms with E-state index in [1.54, 1.807) is 11.8 Å². The zero-order valence-corrected chi connectivity index (χ0v) is 12.2. The molecule has 2 aromatic carbocycles. The van der Waals surface area contributed by atoms with Crippen LogP contribution in [0.25, 0.3) is 0 Å². The van der Waals surface area contributed by atoms with E-state index < -0.39 is 5.54 Å². The first-order valence-corrected chi connectivity index (χ1v) is 7.36. The van der Waals surface area contributed by atoms with Gasteiger partial charge in [0.2, 0.25) is 0 Å². The van der Waals surface area contributed by atoms with Crippen molar-refractivity contribution in [3.05, 3.63) is 71.8 Å². The van der Waals surface area contributed by atoms with Gasteiger partial charge in [0, 0.05) is 5.56 Å². The van der Waals surface area contributed by atoms with Crippen LogP contribution < -0.4 is 0 Å². The Kier molecular flexibility index (Phi) is 3.25. The fourth-order valence-corrected chi connectivity index (χ4v) is 3.53. The molecule has 2 aromatic rings. The largest absolute Gasteiger partial charge is 0.260 e. The Morgan fingerprint density at radius 3 is 2.16 bits per heavy atom. The van der Waals surface area contributed by atoms with E-state index in [0.717, 1.165) is 20.4 Å². The molecular formula is C16H13NS2. The Hall–Kier alpha value is -1.45. The van der Waals surface area contributed by atoms with E-state index in [0.29, 0.717) is 0 Å². The van der Waals surface area contributed by atoms with E-state index in [2.05, 4.69) is 31.2 Å². The van der Waals surface area contributed by atoms with Crippen LogP contribution in [0.1, 0.15) is 18.1 Å². The molecule has 0 saturated carbocycles. The first kappa shape index (κ1) is 12.6. The minimum absolute atomic E-state index is 0.396. The summed E-state index contributed by atoms with van der Waals surface area (Å²) in [4.78, 5) is 4.88. The molecule has 1 heterocycles. The Balaban J connectivity index is 2.05. The molecule has 0 radical (unpaired) electrons. The third-order valence-electron chi connectivity index (χ3n) is 3.27. The lowest BCUT2D eigenvalue weighted by Crippen LogP contribution is -2.22. The van der Waals surface area contributed by atoms with E-state index in [1.807, 2.05) is 36.4 Å². The van der Waals surface area contributed by atoms with Crippen molar-refractivity contribution >= 4 is 33.2 Å². The van der Waals surface area contributed by atoms with Crippen molar-refractivity contribution < 1.29 is 0 Å².